The predicted octanol–water partition coefficient (Wildman–Crippen LogP) is 3.24. The summed E-state index contributed by atoms with van der Waals surface area (Å²) >= 11 is 0. The van der Waals surface area contributed by atoms with Crippen LogP contribution in [0.3, 0.4) is 0 Å². The van der Waals surface area contributed by atoms with Crippen molar-refractivity contribution in [3.8, 4) is 0 Å². The van der Waals surface area contributed by atoms with E-state index in [1.165, 1.54) is 22.5 Å². The first-order valence-electron chi connectivity index (χ1n) is 8.11. The van der Waals surface area contributed by atoms with E-state index < -0.39 is 15.6 Å². The first-order chi connectivity index (χ1) is 11.9. The molecule has 1 aromatic heterocycles. The van der Waals surface area contributed by atoms with Gasteiger partial charge in [0.25, 0.3) is 10.0 Å². The Balaban J connectivity index is 1.83. The molecule has 0 saturated carbocycles. The van der Waals surface area contributed by atoms with Gasteiger partial charge in [-0.05, 0) is 55.7 Å². The molecule has 0 unspecified atom stereocenters. The zero-order valence-electron chi connectivity index (χ0n) is 13.7. The van der Waals surface area contributed by atoms with Crippen LogP contribution in [0.25, 0.3) is 11.0 Å². The molecule has 1 aliphatic rings. The Morgan fingerprint density at radius 1 is 1.04 bits per heavy atom. The van der Waals surface area contributed by atoms with Crippen LogP contribution in [0.4, 0.5) is 5.69 Å². The molecular formula is C19H17NO4S. The Hall–Kier alpha value is -2.60. The highest BCUT2D eigenvalue weighted by molar-refractivity contribution is 7.92. The Morgan fingerprint density at radius 2 is 1.88 bits per heavy atom. The molecule has 0 amide bonds. The van der Waals surface area contributed by atoms with E-state index in [2.05, 4.69) is 0 Å². The highest BCUT2D eigenvalue weighted by Crippen LogP contribution is 2.33. The second kappa shape index (κ2) is 5.74. The fourth-order valence-electron chi connectivity index (χ4n) is 3.28. The molecule has 128 valence electrons. The van der Waals surface area contributed by atoms with E-state index in [0.717, 1.165) is 29.7 Å². The topological polar surface area (TPSA) is 67.6 Å². The molecular weight excluding hydrogens is 338 g/mol. The number of hydrogen-bond acceptors (Lipinski definition) is 4. The van der Waals surface area contributed by atoms with Gasteiger partial charge in [0.1, 0.15) is 5.58 Å². The van der Waals surface area contributed by atoms with Crippen molar-refractivity contribution >= 4 is 26.7 Å². The van der Waals surface area contributed by atoms with E-state index in [4.69, 9.17) is 4.42 Å². The first kappa shape index (κ1) is 15.9. The summed E-state index contributed by atoms with van der Waals surface area (Å²) in [4.78, 5) is 11.5. The lowest BCUT2D eigenvalue weighted by molar-refractivity contribution is 0.560. The molecule has 0 spiro atoms. The van der Waals surface area contributed by atoms with Gasteiger partial charge in [-0.25, -0.2) is 13.2 Å². The van der Waals surface area contributed by atoms with Crippen molar-refractivity contribution in [3.05, 3.63) is 70.1 Å². The van der Waals surface area contributed by atoms with Crippen LogP contribution in [0.1, 0.15) is 17.5 Å². The number of nitrogens with zero attached hydrogens (tertiary/aromatic N) is 1. The highest BCUT2D eigenvalue weighted by atomic mass is 32.2. The van der Waals surface area contributed by atoms with Crippen LogP contribution >= 0.6 is 0 Å². The summed E-state index contributed by atoms with van der Waals surface area (Å²) in [5, 5.41) is 0.585. The number of rotatable bonds is 2. The van der Waals surface area contributed by atoms with Gasteiger partial charge in [-0.15, -0.1) is 0 Å². The average Bonchev–Trinajstić information content (AvgIpc) is 2.60. The summed E-state index contributed by atoms with van der Waals surface area (Å²) in [7, 11) is -3.68. The quantitative estimate of drug-likeness (QED) is 0.662. The third-order valence-corrected chi connectivity index (χ3v) is 6.30. The minimum atomic E-state index is -3.68. The third kappa shape index (κ3) is 2.72. The van der Waals surface area contributed by atoms with Gasteiger partial charge in [0.15, 0.2) is 0 Å². The summed E-state index contributed by atoms with van der Waals surface area (Å²) in [5.74, 6) is 0. The molecule has 0 N–H and O–H groups in total. The highest BCUT2D eigenvalue weighted by Gasteiger charge is 2.29. The van der Waals surface area contributed by atoms with Crippen molar-refractivity contribution in [1.29, 1.82) is 0 Å². The molecule has 0 bridgehead atoms. The summed E-state index contributed by atoms with van der Waals surface area (Å²) in [6.07, 6.45) is 1.67. The number of aryl methyl sites for hydroxylation is 2. The average molecular weight is 355 g/mol. The van der Waals surface area contributed by atoms with Crippen molar-refractivity contribution in [2.75, 3.05) is 10.8 Å². The SMILES string of the molecule is Cc1ccc2c(c1)CCCN2S(=O)(=O)c1ccc2oc(=O)ccc2c1. The van der Waals surface area contributed by atoms with Gasteiger partial charge in [0.05, 0.1) is 10.6 Å². The van der Waals surface area contributed by atoms with E-state index in [9.17, 15) is 13.2 Å². The van der Waals surface area contributed by atoms with Gasteiger partial charge in [0, 0.05) is 18.0 Å². The van der Waals surface area contributed by atoms with E-state index >= 15 is 0 Å². The van der Waals surface area contributed by atoms with Gasteiger partial charge in [-0.1, -0.05) is 17.7 Å². The van der Waals surface area contributed by atoms with E-state index in [0.29, 0.717) is 17.5 Å². The number of hydrogen-bond donors (Lipinski definition) is 0. The second-order valence-electron chi connectivity index (χ2n) is 6.27. The van der Waals surface area contributed by atoms with E-state index in [1.54, 1.807) is 12.1 Å². The van der Waals surface area contributed by atoms with Gasteiger partial charge in [0.2, 0.25) is 0 Å². The Kier molecular flexibility index (Phi) is 3.65. The molecule has 0 fully saturated rings. The van der Waals surface area contributed by atoms with Crippen LogP contribution in [0.2, 0.25) is 0 Å². The maximum atomic E-state index is 13.2. The molecule has 0 saturated heterocycles. The van der Waals surface area contributed by atoms with Crippen molar-refractivity contribution in [2.45, 2.75) is 24.7 Å². The predicted molar refractivity (Wildman–Crippen MR) is 96.5 cm³/mol. The number of benzene rings is 2. The van der Waals surface area contributed by atoms with Crippen molar-refractivity contribution < 1.29 is 12.8 Å². The van der Waals surface area contributed by atoms with Crippen LogP contribution in [0.15, 0.2) is 62.6 Å². The maximum Gasteiger partial charge on any atom is 0.336 e. The van der Waals surface area contributed by atoms with E-state index in [-0.39, 0.29) is 4.90 Å². The molecule has 2 heterocycles. The molecule has 2 aromatic carbocycles. The number of sulfonamides is 1. The van der Waals surface area contributed by atoms with Crippen LogP contribution < -0.4 is 9.93 Å². The lowest BCUT2D eigenvalue weighted by Crippen LogP contribution is -2.35. The Labute approximate surface area is 145 Å². The first-order valence-corrected chi connectivity index (χ1v) is 9.55. The number of fused-ring (bicyclic) bond motifs is 2. The fourth-order valence-corrected chi connectivity index (χ4v) is 4.86. The summed E-state index contributed by atoms with van der Waals surface area (Å²) < 4.78 is 32.9. The zero-order valence-corrected chi connectivity index (χ0v) is 14.5. The largest absolute Gasteiger partial charge is 0.423 e. The van der Waals surface area contributed by atoms with Crippen LogP contribution in [0, 0.1) is 6.92 Å². The monoisotopic (exact) mass is 355 g/mol. The Morgan fingerprint density at radius 3 is 2.72 bits per heavy atom. The van der Waals surface area contributed by atoms with Crippen molar-refractivity contribution in [2.24, 2.45) is 0 Å². The van der Waals surface area contributed by atoms with Crippen molar-refractivity contribution in [3.63, 3.8) is 0 Å². The normalized spacial score (nSPS) is 14.5. The second-order valence-corrected chi connectivity index (χ2v) is 8.13. The van der Waals surface area contributed by atoms with Gasteiger partial charge in [-0.3, -0.25) is 4.31 Å². The molecule has 3 aromatic rings. The minimum Gasteiger partial charge on any atom is -0.423 e. The lowest BCUT2D eigenvalue weighted by Gasteiger charge is -2.30. The van der Waals surface area contributed by atoms with E-state index in [1.807, 2.05) is 25.1 Å². The molecule has 4 rings (SSSR count). The number of anilines is 1. The van der Waals surface area contributed by atoms with Gasteiger partial charge in [-0.2, -0.15) is 0 Å². The molecule has 0 radical (unpaired) electrons. The summed E-state index contributed by atoms with van der Waals surface area (Å²) in [6, 6.07) is 13.3. The smallest absolute Gasteiger partial charge is 0.336 e. The molecule has 6 heteroatoms. The molecule has 0 aliphatic carbocycles. The zero-order chi connectivity index (χ0) is 17.6. The summed E-state index contributed by atoms with van der Waals surface area (Å²) in [6.45, 7) is 2.46. The van der Waals surface area contributed by atoms with Gasteiger partial charge < -0.3 is 4.42 Å². The van der Waals surface area contributed by atoms with Crippen molar-refractivity contribution in [1.82, 2.24) is 0 Å². The standard InChI is InChI=1S/C19H17NO4S/c1-13-4-7-17-14(11-13)3-2-10-20(17)25(22,23)16-6-8-18-15(12-16)5-9-19(21)24-18/h4-9,11-12H,2-3,10H2,1H3. The van der Waals surface area contributed by atoms with Crippen LogP contribution in [-0.2, 0) is 16.4 Å². The molecule has 25 heavy (non-hydrogen) atoms. The maximum absolute atomic E-state index is 13.2. The molecule has 0 atom stereocenters. The van der Waals surface area contributed by atoms with Crippen LogP contribution in [-0.4, -0.2) is 15.0 Å². The molecule has 5 nitrogen and oxygen atoms in total. The molecule has 1 aliphatic heterocycles. The summed E-state index contributed by atoms with van der Waals surface area (Å²) in [5.41, 5.74) is 2.85. The lowest BCUT2D eigenvalue weighted by atomic mass is 10.0. The Bertz CT molecular complexity index is 1130. The van der Waals surface area contributed by atoms with Crippen LogP contribution in [0.5, 0.6) is 0 Å². The van der Waals surface area contributed by atoms with Gasteiger partial charge >= 0.3 is 5.63 Å². The fraction of sp³-hybridized carbons (Fsp3) is 0.211. The third-order valence-electron chi connectivity index (χ3n) is 4.49. The minimum absolute atomic E-state index is 0.197.